The van der Waals surface area contributed by atoms with E-state index >= 15 is 0 Å². The van der Waals surface area contributed by atoms with E-state index in [0.29, 0.717) is 13.0 Å². The number of hydrogen-bond donors (Lipinski definition) is 1. The lowest BCUT2D eigenvalue weighted by Crippen LogP contribution is -2.38. The number of benzene rings is 1. The molecule has 1 N–H and O–H groups in total. The molecular weight excluding hydrogens is 240 g/mol. The van der Waals surface area contributed by atoms with Crippen LogP contribution in [-0.4, -0.2) is 44.2 Å². The molecule has 0 radical (unpaired) electrons. The largest absolute Gasteiger partial charge is 0.384 e. The molecule has 1 aromatic carbocycles. The van der Waals surface area contributed by atoms with Crippen molar-refractivity contribution in [1.29, 1.82) is 0 Å². The second kappa shape index (κ2) is 7.26. The molecule has 104 valence electrons. The monoisotopic (exact) mass is 262 g/mol. The van der Waals surface area contributed by atoms with E-state index in [1.54, 1.807) is 7.11 Å². The van der Waals surface area contributed by atoms with Crippen LogP contribution in [0.15, 0.2) is 30.3 Å². The van der Waals surface area contributed by atoms with Crippen LogP contribution in [0, 0.1) is 0 Å². The first kappa shape index (κ1) is 14.0. The molecule has 0 spiro atoms. The van der Waals surface area contributed by atoms with Crippen LogP contribution in [0.1, 0.15) is 24.4 Å². The maximum atomic E-state index is 12.3. The molecule has 0 saturated carbocycles. The zero-order valence-electron chi connectivity index (χ0n) is 11.5. The topological polar surface area (TPSA) is 41.6 Å². The highest BCUT2D eigenvalue weighted by atomic mass is 16.5. The standard InChI is InChI=1S/C15H22N2O2/c1-19-11-8-15(18)17-10-5-9-16-12-14(17)13-6-3-2-4-7-13/h2-4,6-7,14,16H,5,8-12H2,1H3. The van der Waals surface area contributed by atoms with Crippen molar-refractivity contribution in [1.82, 2.24) is 10.2 Å². The average Bonchev–Trinajstić information content (AvgIpc) is 2.71. The van der Waals surface area contributed by atoms with Crippen molar-refractivity contribution in [2.45, 2.75) is 18.9 Å². The zero-order chi connectivity index (χ0) is 13.5. The van der Waals surface area contributed by atoms with Gasteiger partial charge in [-0.05, 0) is 18.5 Å². The maximum absolute atomic E-state index is 12.3. The Bertz CT molecular complexity index is 394. The highest BCUT2D eigenvalue weighted by molar-refractivity contribution is 5.77. The van der Waals surface area contributed by atoms with Gasteiger partial charge in [-0.15, -0.1) is 0 Å². The maximum Gasteiger partial charge on any atom is 0.225 e. The van der Waals surface area contributed by atoms with Crippen LogP contribution in [0.2, 0.25) is 0 Å². The predicted octanol–water partition coefficient (Wildman–Crippen LogP) is 1.59. The molecule has 4 heteroatoms. The van der Waals surface area contributed by atoms with Crippen LogP contribution >= 0.6 is 0 Å². The van der Waals surface area contributed by atoms with Gasteiger partial charge in [-0.3, -0.25) is 4.79 Å². The third kappa shape index (κ3) is 3.78. The molecule has 1 fully saturated rings. The van der Waals surface area contributed by atoms with Gasteiger partial charge in [-0.1, -0.05) is 30.3 Å². The van der Waals surface area contributed by atoms with E-state index in [9.17, 15) is 4.79 Å². The van der Waals surface area contributed by atoms with Crippen LogP contribution in [-0.2, 0) is 9.53 Å². The van der Waals surface area contributed by atoms with Crippen LogP contribution < -0.4 is 5.32 Å². The second-order valence-corrected chi connectivity index (χ2v) is 4.81. The van der Waals surface area contributed by atoms with E-state index in [-0.39, 0.29) is 11.9 Å². The molecule has 0 aliphatic carbocycles. The molecule has 0 aromatic heterocycles. The summed E-state index contributed by atoms with van der Waals surface area (Å²) in [4.78, 5) is 14.3. The Hall–Kier alpha value is -1.39. The predicted molar refractivity (Wildman–Crippen MR) is 74.9 cm³/mol. The second-order valence-electron chi connectivity index (χ2n) is 4.81. The van der Waals surface area contributed by atoms with Crippen LogP contribution in [0.3, 0.4) is 0 Å². The summed E-state index contributed by atoms with van der Waals surface area (Å²) in [5, 5.41) is 3.41. The number of amides is 1. The van der Waals surface area contributed by atoms with E-state index < -0.39 is 0 Å². The molecule has 1 aliphatic heterocycles. The first-order chi connectivity index (χ1) is 9.33. The Morgan fingerprint density at radius 2 is 2.21 bits per heavy atom. The normalized spacial score (nSPS) is 20.1. The molecule has 1 atom stereocenters. The number of nitrogens with zero attached hydrogens (tertiary/aromatic N) is 1. The lowest BCUT2D eigenvalue weighted by Gasteiger charge is -2.30. The number of rotatable bonds is 4. The van der Waals surface area contributed by atoms with Crippen molar-refractivity contribution in [3.63, 3.8) is 0 Å². The summed E-state index contributed by atoms with van der Waals surface area (Å²) >= 11 is 0. The summed E-state index contributed by atoms with van der Waals surface area (Å²) in [7, 11) is 1.63. The fourth-order valence-corrected chi connectivity index (χ4v) is 2.48. The molecule has 2 rings (SSSR count). The molecule has 1 amide bonds. The van der Waals surface area contributed by atoms with E-state index in [0.717, 1.165) is 26.1 Å². The Labute approximate surface area is 114 Å². The van der Waals surface area contributed by atoms with Gasteiger partial charge in [0.2, 0.25) is 5.91 Å². The molecule has 19 heavy (non-hydrogen) atoms. The van der Waals surface area contributed by atoms with Crippen LogP contribution in [0.5, 0.6) is 0 Å². The molecule has 1 unspecified atom stereocenters. The van der Waals surface area contributed by atoms with Crippen LogP contribution in [0.25, 0.3) is 0 Å². The van der Waals surface area contributed by atoms with E-state index in [1.165, 1.54) is 5.56 Å². The summed E-state index contributed by atoms with van der Waals surface area (Å²) in [6.07, 6.45) is 1.46. The summed E-state index contributed by atoms with van der Waals surface area (Å²) in [6.45, 7) is 3.10. The first-order valence-corrected chi connectivity index (χ1v) is 6.87. The molecule has 1 saturated heterocycles. The van der Waals surface area contributed by atoms with E-state index in [1.807, 2.05) is 23.1 Å². The van der Waals surface area contributed by atoms with Gasteiger partial charge in [0.05, 0.1) is 19.1 Å². The molecule has 1 aromatic rings. The van der Waals surface area contributed by atoms with E-state index in [4.69, 9.17) is 4.74 Å². The van der Waals surface area contributed by atoms with Crippen molar-refractivity contribution in [2.75, 3.05) is 33.4 Å². The quantitative estimate of drug-likeness (QED) is 0.896. The lowest BCUT2D eigenvalue weighted by atomic mass is 10.0. The first-order valence-electron chi connectivity index (χ1n) is 6.87. The Morgan fingerprint density at radius 3 is 2.95 bits per heavy atom. The highest BCUT2D eigenvalue weighted by Crippen LogP contribution is 2.22. The number of carbonyl (C=O) groups excluding carboxylic acids is 1. The van der Waals surface area contributed by atoms with Gasteiger partial charge in [0, 0.05) is 20.2 Å². The van der Waals surface area contributed by atoms with Crippen LogP contribution in [0.4, 0.5) is 0 Å². The van der Waals surface area contributed by atoms with Gasteiger partial charge < -0.3 is 15.0 Å². The summed E-state index contributed by atoms with van der Waals surface area (Å²) < 4.78 is 5.01. The fourth-order valence-electron chi connectivity index (χ4n) is 2.48. The molecule has 4 nitrogen and oxygen atoms in total. The van der Waals surface area contributed by atoms with Crippen molar-refractivity contribution in [3.05, 3.63) is 35.9 Å². The Morgan fingerprint density at radius 1 is 1.42 bits per heavy atom. The number of ether oxygens (including phenoxy) is 1. The lowest BCUT2D eigenvalue weighted by molar-refractivity contribution is -0.134. The van der Waals surface area contributed by atoms with Gasteiger partial charge in [-0.2, -0.15) is 0 Å². The number of methoxy groups -OCH3 is 1. The van der Waals surface area contributed by atoms with Gasteiger partial charge in [-0.25, -0.2) is 0 Å². The third-order valence-corrected chi connectivity index (χ3v) is 3.49. The number of hydrogen-bond acceptors (Lipinski definition) is 3. The van der Waals surface area contributed by atoms with E-state index in [2.05, 4.69) is 17.4 Å². The Kier molecular flexibility index (Phi) is 5.36. The molecule has 0 bridgehead atoms. The summed E-state index contributed by atoms with van der Waals surface area (Å²) in [5.41, 5.74) is 1.20. The van der Waals surface area contributed by atoms with Gasteiger partial charge in [0.25, 0.3) is 0 Å². The highest BCUT2D eigenvalue weighted by Gasteiger charge is 2.25. The zero-order valence-corrected chi connectivity index (χ0v) is 11.5. The fraction of sp³-hybridized carbons (Fsp3) is 0.533. The summed E-state index contributed by atoms with van der Waals surface area (Å²) in [6, 6.07) is 10.4. The van der Waals surface area contributed by atoms with Crippen molar-refractivity contribution in [2.24, 2.45) is 0 Å². The third-order valence-electron chi connectivity index (χ3n) is 3.49. The van der Waals surface area contributed by atoms with Crippen molar-refractivity contribution >= 4 is 5.91 Å². The minimum absolute atomic E-state index is 0.132. The van der Waals surface area contributed by atoms with Gasteiger partial charge >= 0.3 is 0 Å². The molecule has 1 heterocycles. The Balaban J connectivity index is 2.13. The minimum Gasteiger partial charge on any atom is -0.384 e. The minimum atomic E-state index is 0.132. The SMILES string of the molecule is COCCC(=O)N1CCCNCC1c1ccccc1. The molecule has 1 aliphatic rings. The smallest absolute Gasteiger partial charge is 0.225 e. The number of nitrogens with one attached hydrogen (secondary N) is 1. The van der Waals surface area contributed by atoms with Crippen molar-refractivity contribution < 1.29 is 9.53 Å². The summed E-state index contributed by atoms with van der Waals surface area (Å²) in [5.74, 6) is 0.180. The number of carbonyl (C=O) groups is 1. The molecular formula is C15H22N2O2. The van der Waals surface area contributed by atoms with Gasteiger partial charge in [0.1, 0.15) is 0 Å². The average molecular weight is 262 g/mol. The van der Waals surface area contributed by atoms with Gasteiger partial charge in [0.15, 0.2) is 0 Å². The van der Waals surface area contributed by atoms with Crippen molar-refractivity contribution in [3.8, 4) is 0 Å².